The summed E-state index contributed by atoms with van der Waals surface area (Å²) in [5.41, 5.74) is 1.13. The van der Waals surface area contributed by atoms with E-state index in [1.807, 2.05) is 0 Å². The highest BCUT2D eigenvalue weighted by Crippen LogP contribution is 2.19. The van der Waals surface area contributed by atoms with E-state index in [2.05, 4.69) is 4.72 Å². The molecule has 0 saturated heterocycles. The van der Waals surface area contributed by atoms with Crippen molar-refractivity contribution in [2.45, 2.75) is 24.8 Å². The fraction of sp³-hybridized carbons (Fsp3) is 0.211. The van der Waals surface area contributed by atoms with Crippen LogP contribution in [-0.2, 0) is 19.6 Å². The van der Waals surface area contributed by atoms with Crippen molar-refractivity contribution in [3.05, 3.63) is 60.2 Å². The molecule has 26 heavy (non-hydrogen) atoms. The minimum Gasteiger partial charge on any atom is -0.497 e. The lowest BCUT2D eigenvalue weighted by atomic mass is 10.2. The number of hydrogen-bond donors (Lipinski definition) is 1. The molecule has 0 heterocycles. The third-order valence-corrected chi connectivity index (χ3v) is 4.69. The number of anilines is 1. The zero-order chi connectivity index (χ0) is 19.2. The third kappa shape index (κ3) is 5.63. The minimum absolute atomic E-state index is 0.121. The molecule has 0 aliphatic carbocycles. The van der Waals surface area contributed by atoms with Crippen LogP contribution in [0.15, 0.2) is 59.5 Å². The summed E-state index contributed by atoms with van der Waals surface area (Å²) in [6.07, 6.45) is 2.68. The van der Waals surface area contributed by atoms with Gasteiger partial charge in [-0.1, -0.05) is 12.1 Å². The van der Waals surface area contributed by atoms with Crippen LogP contribution in [-0.4, -0.2) is 27.6 Å². The van der Waals surface area contributed by atoms with Gasteiger partial charge < -0.3 is 9.47 Å². The fourth-order valence-corrected chi connectivity index (χ4v) is 3.13. The Kier molecular flexibility index (Phi) is 6.41. The van der Waals surface area contributed by atoms with Gasteiger partial charge in [-0.2, -0.15) is 0 Å². The Morgan fingerprint density at radius 1 is 1.04 bits per heavy atom. The summed E-state index contributed by atoms with van der Waals surface area (Å²) >= 11 is 0. The number of benzene rings is 2. The highest BCUT2D eigenvalue weighted by Gasteiger charge is 2.13. The molecule has 0 aromatic heterocycles. The summed E-state index contributed by atoms with van der Waals surface area (Å²) in [5, 5.41) is 0. The summed E-state index contributed by atoms with van der Waals surface area (Å²) in [6, 6.07) is 12.7. The minimum atomic E-state index is -3.70. The maximum atomic E-state index is 12.4. The molecule has 0 spiro atoms. The normalized spacial score (nSPS) is 11.5. The first-order chi connectivity index (χ1) is 12.3. The number of sulfonamides is 1. The smallest absolute Gasteiger partial charge is 0.331 e. The first kappa shape index (κ1) is 19.5. The van der Waals surface area contributed by atoms with E-state index in [1.165, 1.54) is 25.3 Å². The van der Waals surface area contributed by atoms with Crippen molar-refractivity contribution in [3.63, 3.8) is 0 Å². The van der Waals surface area contributed by atoms with Crippen molar-refractivity contribution in [3.8, 4) is 5.75 Å². The van der Waals surface area contributed by atoms with E-state index in [9.17, 15) is 13.2 Å². The second-order valence-corrected chi connectivity index (χ2v) is 7.40. The van der Waals surface area contributed by atoms with Gasteiger partial charge in [-0.25, -0.2) is 13.2 Å². The molecule has 0 radical (unpaired) electrons. The summed E-state index contributed by atoms with van der Waals surface area (Å²) in [5.74, 6) is 0.193. The van der Waals surface area contributed by atoms with Crippen molar-refractivity contribution in [2.75, 3.05) is 11.8 Å². The SMILES string of the molecule is COc1ccc(NS(=O)(=O)c2ccc(/C=C/C(=O)OC(C)C)cc2)cc1. The maximum absolute atomic E-state index is 12.4. The highest BCUT2D eigenvalue weighted by atomic mass is 32.2. The van der Waals surface area contributed by atoms with Crippen molar-refractivity contribution in [2.24, 2.45) is 0 Å². The van der Waals surface area contributed by atoms with Crippen LogP contribution in [0.1, 0.15) is 19.4 Å². The van der Waals surface area contributed by atoms with Gasteiger partial charge in [0.05, 0.1) is 18.1 Å². The number of carbonyl (C=O) groups is 1. The molecule has 1 N–H and O–H groups in total. The van der Waals surface area contributed by atoms with E-state index in [4.69, 9.17) is 9.47 Å². The van der Waals surface area contributed by atoms with Crippen molar-refractivity contribution < 1.29 is 22.7 Å². The van der Waals surface area contributed by atoms with Crippen LogP contribution in [0.5, 0.6) is 5.75 Å². The lowest BCUT2D eigenvalue weighted by molar-refractivity contribution is -0.141. The van der Waals surface area contributed by atoms with Crippen molar-refractivity contribution in [1.82, 2.24) is 0 Å². The second-order valence-electron chi connectivity index (χ2n) is 5.72. The van der Waals surface area contributed by atoms with E-state index < -0.39 is 16.0 Å². The number of hydrogen-bond acceptors (Lipinski definition) is 5. The predicted octanol–water partition coefficient (Wildman–Crippen LogP) is 3.46. The molecule has 138 valence electrons. The van der Waals surface area contributed by atoms with E-state index in [1.54, 1.807) is 56.3 Å². The Morgan fingerprint density at radius 3 is 2.19 bits per heavy atom. The molecule has 0 bridgehead atoms. The molecule has 6 nitrogen and oxygen atoms in total. The standard InChI is InChI=1S/C19H21NO5S/c1-14(2)25-19(21)13-6-15-4-11-18(12-5-15)26(22,23)20-16-7-9-17(24-3)10-8-16/h4-14,20H,1-3H3/b13-6+. The zero-order valence-corrected chi connectivity index (χ0v) is 15.6. The van der Waals surface area contributed by atoms with Gasteiger partial charge in [0, 0.05) is 11.8 Å². The summed E-state index contributed by atoms with van der Waals surface area (Å²) in [6.45, 7) is 3.53. The Labute approximate surface area is 153 Å². The zero-order valence-electron chi connectivity index (χ0n) is 14.8. The molecule has 0 saturated carbocycles. The molecule has 2 aromatic rings. The average molecular weight is 375 g/mol. The summed E-state index contributed by atoms with van der Waals surface area (Å²) in [7, 11) is -2.16. The largest absolute Gasteiger partial charge is 0.497 e. The average Bonchev–Trinajstić information content (AvgIpc) is 2.60. The predicted molar refractivity (Wildman–Crippen MR) is 101 cm³/mol. The fourth-order valence-electron chi connectivity index (χ4n) is 2.07. The Morgan fingerprint density at radius 2 is 1.65 bits per heavy atom. The molecule has 2 aromatic carbocycles. The van der Waals surface area contributed by atoms with Crippen LogP contribution in [0.4, 0.5) is 5.69 Å². The molecule has 0 amide bonds. The number of methoxy groups -OCH3 is 1. The van der Waals surface area contributed by atoms with Gasteiger partial charge in [0.1, 0.15) is 5.75 Å². The van der Waals surface area contributed by atoms with Crippen LogP contribution in [0.25, 0.3) is 6.08 Å². The molecule has 2 rings (SSSR count). The lowest BCUT2D eigenvalue weighted by Crippen LogP contribution is -2.12. The first-order valence-corrected chi connectivity index (χ1v) is 9.44. The van der Waals surface area contributed by atoms with Crippen molar-refractivity contribution in [1.29, 1.82) is 0 Å². The molecule has 0 aliphatic heterocycles. The van der Waals surface area contributed by atoms with E-state index >= 15 is 0 Å². The van der Waals surface area contributed by atoms with Crippen LogP contribution in [0.3, 0.4) is 0 Å². The van der Waals surface area contributed by atoms with Gasteiger partial charge in [0.25, 0.3) is 10.0 Å². The quantitative estimate of drug-likeness (QED) is 0.592. The Hall–Kier alpha value is -2.80. The highest BCUT2D eigenvalue weighted by molar-refractivity contribution is 7.92. The van der Waals surface area contributed by atoms with E-state index in [-0.39, 0.29) is 11.0 Å². The monoisotopic (exact) mass is 375 g/mol. The van der Waals surface area contributed by atoms with E-state index in [0.29, 0.717) is 17.0 Å². The Bertz CT molecular complexity index is 869. The molecule has 0 unspecified atom stereocenters. The third-order valence-electron chi connectivity index (χ3n) is 3.30. The number of carbonyl (C=O) groups excluding carboxylic acids is 1. The molecular weight excluding hydrogens is 354 g/mol. The van der Waals surface area contributed by atoms with Gasteiger partial charge >= 0.3 is 5.97 Å². The topological polar surface area (TPSA) is 81.7 Å². The molecule has 7 heteroatoms. The lowest BCUT2D eigenvalue weighted by Gasteiger charge is -2.09. The molecule has 0 aliphatic rings. The number of ether oxygens (including phenoxy) is 2. The van der Waals surface area contributed by atoms with Gasteiger partial charge in [0.15, 0.2) is 0 Å². The number of nitrogens with one attached hydrogen (secondary N) is 1. The maximum Gasteiger partial charge on any atom is 0.331 e. The molecule has 0 fully saturated rings. The summed E-state index contributed by atoms with van der Waals surface area (Å²) in [4.78, 5) is 11.6. The van der Waals surface area contributed by atoms with Crippen LogP contribution < -0.4 is 9.46 Å². The van der Waals surface area contributed by atoms with Gasteiger partial charge in [0.2, 0.25) is 0 Å². The first-order valence-electron chi connectivity index (χ1n) is 7.96. The van der Waals surface area contributed by atoms with Gasteiger partial charge in [-0.3, -0.25) is 4.72 Å². The number of rotatable bonds is 7. The van der Waals surface area contributed by atoms with Crippen LogP contribution in [0, 0.1) is 0 Å². The summed E-state index contributed by atoms with van der Waals surface area (Å²) < 4.78 is 37.4. The molecule has 0 atom stereocenters. The molecular formula is C19H21NO5S. The van der Waals surface area contributed by atoms with Crippen LogP contribution >= 0.6 is 0 Å². The van der Waals surface area contributed by atoms with Gasteiger partial charge in [-0.15, -0.1) is 0 Å². The second kappa shape index (κ2) is 8.53. The number of esters is 1. The van der Waals surface area contributed by atoms with Crippen molar-refractivity contribution >= 4 is 27.8 Å². The van der Waals surface area contributed by atoms with E-state index in [0.717, 1.165) is 0 Å². The van der Waals surface area contributed by atoms with Gasteiger partial charge in [-0.05, 0) is 61.9 Å². The Balaban J connectivity index is 2.08. The van der Waals surface area contributed by atoms with Crippen LogP contribution in [0.2, 0.25) is 0 Å².